The van der Waals surface area contributed by atoms with E-state index < -0.39 is 0 Å². The number of piperidine rings is 1. The van der Waals surface area contributed by atoms with Crippen LogP contribution in [0.1, 0.15) is 41.1 Å². The summed E-state index contributed by atoms with van der Waals surface area (Å²) in [6.07, 6.45) is 3.79. The molecule has 1 saturated heterocycles. The summed E-state index contributed by atoms with van der Waals surface area (Å²) in [7, 11) is 0. The highest BCUT2D eigenvalue weighted by Crippen LogP contribution is 2.36. The van der Waals surface area contributed by atoms with E-state index in [0.717, 1.165) is 41.2 Å². The Labute approximate surface area is 163 Å². The molecule has 138 valence electrons. The smallest absolute Gasteiger partial charge is 0.231 e. The summed E-state index contributed by atoms with van der Waals surface area (Å²) in [5.41, 5.74) is 1.73. The molecule has 27 heavy (non-hydrogen) atoms. The van der Waals surface area contributed by atoms with Crippen LogP contribution >= 0.6 is 11.3 Å². The van der Waals surface area contributed by atoms with Gasteiger partial charge >= 0.3 is 0 Å². The summed E-state index contributed by atoms with van der Waals surface area (Å²) in [6.45, 7) is 7.14. The number of rotatable bonds is 4. The van der Waals surface area contributed by atoms with E-state index in [1.165, 1.54) is 24.1 Å². The third-order valence-corrected chi connectivity index (χ3v) is 6.13. The molecule has 6 heteroatoms. The molecule has 5 nitrogen and oxygen atoms in total. The van der Waals surface area contributed by atoms with E-state index in [4.69, 9.17) is 20.0 Å². The number of hydrogen-bond donors (Lipinski definition) is 0. The third kappa shape index (κ3) is 3.80. The monoisotopic (exact) mass is 378 g/mol. The summed E-state index contributed by atoms with van der Waals surface area (Å²) in [6, 6.07) is 9.35. The molecule has 3 heterocycles. The topological polar surface area (TPSA) is 62.0 Å². The molecule has 0 aliphatic carbocycles. The normalized spacial score (nSPS) is 15.0. The number of aryl methyl sites for hydroxylation is 2. The van der Waals surface area contributed by atoms with Crippen molar-refractivity contribution in [2.75, 3.05) is 13.1 Å². The van der Waals surface area contributed by atoms with E-state index in [9.17, 15) is 0 Å². The van der Waals surface area contributed by atoms with E-state index >= 15 is 0 Å². The van der Waals surface area contributed by atoms with Gasteiger partial charge in [-0.15, -0.1) is 11.3 Å². The molecule has 0 unspecified atom stereocenters. The van der Waals surface area contributed by atoms with Crippen molar-refractivity contribution in [3.8, 4) is 17.7 Å². The highest BCUT2D eigenvalue weighted by molar-refractivity contribution is 7.18. The lowest BCUT2D eigenvalue weighted by Crippen LogP contribution is -2.29. The Kier molecular flexibility index (Phi) is 5.06. The third-order valence-electron chi connectivity index (χ3n) is 5.03. The Balaban J connectivity index is 1.73. The fourth-order valence-corrected chi connectivity index (χ4v) is 4.50. The molecule has 3 aromatic rings. The Morgan fingerprint density at radius 1 is 1.19 bits per heavy atom. The second-order valence-corrected chi connectivity index (χ2v) is 8.19. The van der Waals surface area contributed by atoms with Gasteiger partial charge in [0.15, 0.2) is 0 Å². The zero-order valence-electron chi connectivity index (χ0n) is 15.7. The summed E-state index contributed by atoms with van der Waals surface area (Å²) < 4.78 is 6.14. The van der Waals surface area contributed by atoms with Gasteiger partial charge in [-0.1, -0.05) is 12.5 Å². The Bertz CT molecular complexity index is 1010. The number of nitriles is 1. The summed E-state index contributed by atoms with van der Waals surface area (Å²) in [5.74, 6) is 2.02. The van der Waals surface area contributed by atoms with Crippen molar-refractivity contribution < 1.29 is 4.74 Å². The standard InChI is InChI=1S/C21H22N4OS/c1-14-15(2)27-21-19(14)20(26-17-8-6-7-16(11-17)12-22)23-18(24-21)13-25-9-4-3-5-10-25/h6-8,11H,3-5,9-10,13H2,1-2H3. The predicted molar refractivity (Wildman–Crippen MR) is 107 cm³/mol. The fraction of sp³-hybridized carbons (Fsp3) is 0.381. The second-order valence-electron chi connectivity index (χ2n) is 6.99. The minimum Gasteiger partial charge on any atom is -0.438 e. The van der Waals surface area contributed by atoms with Crippen molar-refractivity contribution in [2.45, 2.75) is 39.7 Å². The number of fused-ring (bicyclic) bond motifs is 1. The quantitative estimate of drug-likeness (QED) is 0.642. The van der Waals surface area contributed by atoms with Crippen LogP contribution in [0.3, 0.4) is 0 Å². The van der Waals surface area contributed by atoms with E-state index in [-0.39, 0.29) is 0 Å². The average Bonchev–Trinajstić information content (AvgIpc) is 2.97. The van der Waals surface area contributed by atoms with Gasteiger partial charge in [-0.25, -0.2) is 4.98 Å². The van der Waals surface area contributed by atoms with Crippen LogP contribution in [0.5, 0.6) is 11.6 Å². The second kappa shape index (κ2) is 7.63. The lowest BCUT2D eigenvalue weighted by atomic mass is 10.1. The number of ether oxygens (including phenoxy) is 1. The molecule has 0 radical (unpaired) electrons. The maximum absolute atomic E-state index is 9.14. The molecule has 0 atom stereocenters. The first-order valence-electron chi connectivity index (χ1n) is 9.31. The van der Waals surface area contributed by atoms with Crippen LogP contribution in [0, 0.1) is 25.2 Å². The lowest BCUT2D eigenvalue weighted by molar-refractivity contribution is 0.215. The van der Waals surface area contributed by atoms with Crippen molar-refractivity contribution in [1.82, 2.24) is 14.9 Å². The molecule has 0 amide bonds. The van der Waals surface area contributed by atoms with Crippen molar-refractivity contribution in [1.29, 1.82) is 5.26 Å². The van der Waals surface area contributed by atoms with Gasteiger partial charge in [0.2, 0.25) is 5.88 Å². The number of aromatic nitrogens is 2. The first kappa shape index (κ1) is 17.9. The molecule has 4 rings (SSSR count). The molecule has 1 fully saturated rings. The van der Waals surface area contributed by atoms with Crippen LogP contribution in [-0.4, -0.2) is 28.0 Å². The highest BCUT2D eigenvalue weighted by atomic mass is 32.1. The number of nitrogens with zero attached hydrogens (tertiary/aromatic N) is 4. The minimum absolute atomic E-state index is 0.574. The molecule has 1 aromatic carbocycles. The summed E-state index contributed by atoms with van der Waals surface area (Å²) in [4.78, 5) is 14.2. The average molecular weight is 379 g/mol. The summed E-state index contributed by atoms with van der Waals surface area (Å²) in [5, 5.41) is 10.1. The predicted octanol–water partition coefficient (Wildman–Crippen LogP) is 4.96. The van der Waals surface area contributed by atoms with Gasteiger partial charge < -0.3 is 4.74 Å². The van der Waals surface area contributed by atoms with Gasteiger partial charge in [-0.3, -0.25) is 4.90 Å². The Morgan fingerprint density at radius 3 is 2.78 bits per heavy atom. The molecular formula is C21H22N4OS. The van der Waals surface area contributed by atoms with Crippen molar-refractivity contribution in [3.63, 3.8) is 0 Å². The first-order valence-corrected chi connectivity index (χ1v) is 10.1. The van der Waals surface area contributed by atoms with Gasteiger partial charge in [-0.05, 0) is 63.5 Å². The lowest BCUT2D eigenvalue weighted by Gasteiger charge is -2.25. The van der Waals surface area contributed by atoms with Crippen LogP contribution in [0.15, 0.2) is 24.3 Å². The van der Waals surface area contributed by atoms with Crippen LogP contribution in [-0.2, 0) is 6.54 Å². The zero-order valence-corrected chi connectivity index (χ0v) is 16.5. The molecule has 1 aliphatic heterocycles. The SMILES string of the molecule is Cc1sc2nc(CN3CCCCC3)nc(Oc3cccc(C#N)c3)c2c1C. The van der Waals surface area contributed by atoms with Crippen molar-refractivity contribution in [3.05, 3.63) is 46.1 Å². The molecule has 2 aromatic heterocycles. The first-order chi connectivity index (χ1) is 13.1. The Morgan fingerprint density at radius 2 is 2.00 bits per heavy atom. The molecular weight excluding hydrogens is 356 g/mol. The highest BCUT2D eigenvalue weighted by Gasteiger charge is 2.19. The van der Waals surface area contributed by atoms with Crippen molar-refractivity contribution >= 4 is 21.6 Å². The Hall–Kier alpha value is -2.49. The van der Waals surface area contributed by atoms with E-state index in [1.54, 1.807) is 23.5 Å². The summed E-state index contributed by atoms with van der Waals surface area (Å²) >= 11 is 1.69. The number of thiophene rings is 1. The molecule has 1 aliphatic rings. The van der Waals surface area contributed by atoms with Gasteiger partial charge in [0, 0.05) is 4.88 Å². The molecule has 0 bridgehead atoms. The van der Waals surface area contributed by atoms with Crippen LogP contribution in [0.2, 0.25) is 0 Å². The molecule has 0 N–H and O–H groups in total. The number of benzene rings is 1. The van der Waals surface area contributed by atoms with Crippen LogP contribution < -0.4 is 4.74 Å². The van der Waals surface area contributed by atoms with E-state index in [1.807, 2.05) is 12.1 Å². The maximum Gasteiger partial charge on any atom is 0.231 e. The van der Waals surface area contributed by atoms with Gasteiger partial charge in [-0.2, -0.15) is 10.2 Å². The minimum atomic E-state index is 0.574. The van der Waals surface area contributed by atoms with E-state index in [2.05, 4.69) is 24.8 Å². The molecule has 0 spiro atoms. The number of hydrogen-bond acceptors (Lipinski definition) is 6. The van der Waals surface area contributed by atoms with Crippen LogP contribution in [0.25, 0.3) is 10.2 Å². The maximum atomic E-state index is 9.14. The van der Waals surface area contributed by atoms with Gasteiger partial charge in [0.25, 0.3) is 0 Å². The van der Waals surface area contributed by atoms with Crippen molar-refractivity contribution in [2.24, 2.45) is 0 Å². The van der Waals surface area contributed by atoms with Gasteiger partial charge in [0.1, 0.15) is 16.4 Å². The fourth-order valence-electron chi connectivity index (χ4n) is 3.46. The van der Waals surface area contributed by atoms with Gasteiger partial charge in [0.05, 0.1) is 23.6 Å². The molecule has 0 saturated carbocycles. The number of likely N-dealkylation sites (tertiary alicyclic amines) is 1. The largest absolute Gasteiger partial charge is 0.438 e. The van der Waals surface area contributed by atoms with E-state index in [0.29, 0.717) is 17.2 Å². The van der Waals surface area contributed by atoms with Crippen LogP contribution in [0.4, 0.5) is 0 Å². The zero-order chi connectivity index (χ0) is 18.8.